The van der Waals surface area contributed by atoms with Crippen molar-refractivity contribution in [2.45, 2.75) is 20.0 Å². The van der Waals surface area contributed by atoms with Gasteiger partial charge in [-0.25, -0.2) is 4.98 Å². The molecular formula is C9H11N3OS. The minimum atomic E-state index is 0.0217. The van der Waals surface area contributed by atoms with Gasteiger partial charge in [0.25, 0.3) is 5.56 Å². The number of aryl methyl sites for hydroxylation is 1. The molecule has 0 spiro atoms. The van der Waals surface area contributed by atoms with Crippen molar-refractivity contribution in [3.8, 4) is 0 Å². The Balaban J connectivity index is 2.75. The zero-order valence-corrected chi connectivity index (χ0v) is 8.67. The lowest BCUT2D eigenvalue weighted by atomic mass is 10.3. The molecule has 0 aliphatic carbocycles. The van der Waals surface area contributed by atoms with Gasteiger partial charge in [0, 0.05) is 18.0 Å². The summed E-state index contributed by atoms with van der Waals surface area (Å²) in [6.07, 6.45) is 1.58. The van der Waals surface area contributed by atoms with Gasteiger partial charge in [0.1, 0.15) is 4.83 Å². The normalized spacial score (nSPS) is 11.0. The van der Waals surface area contributed by atoms with Crippen LogP contribution in [0.25, 0.3) is 10.2 Å². The molecule has 0 amide bonds. The lowest BCUT2D eigenvalue weighted by Gasteiger charge is -1.98. The molecule has 0 aliphatic rings. The first-order valence-corrected chi connectivity index (χ1v) is 5.25. The average Bonchev–Trinajstić information content (AvgIpc) is 2.62. The molecule has 0 saturated heterocycles. The highest BCUT2D eigenvalue weighted by Crippen LogP contribution is 2.19. The third-order valence-corrected chi connectivity index (χ3v) is 3.18. The summed E-state index contributed by atoms with van der Waals surface area (Å²) in [5.74, 6) is 0. The monoisotopic (exact) mass is 209 g/mol. The summed E-state index contributed by atoms with van der Waals surface area (Å²) < 4.78 is 1.59. The lowest BCUT2D eigenvalue weighted by molar-refractivity contribution is 0.718. The van der Waals surface area contributed by atoms with Crippen molar-refractivity contribution in [3.63, 3.8) is 0 Å². The number of aromatic nitrogens is 2. The molecule has 14 heavy (non-hydrogen) atoms. The molecule has 0 aliphatic heterocycles. The predicted molar refractivity (Wildman–Crippen MR) is 57.4 cm³/mol. The number of nitrogens with zero attached hydrogens (tertiary/aromatic N) is 2. The summed E-state index contributed by atoms with van der Waals surface area (Å²) in [5.41, 5.74) is 5.53. The Hall–Kier alpha value is -1.20. The minimum absolute atomic E-state index is 0.0217. The topological polar surface area (TPSA) is 60.9 Å². The molecule has 0 unspecified atom stereocenters. The Kier molecular flexibility index (Phi) is 2.35. The van der Waals surface area contributed by atoms with Gasteiger partial charge in [0.2, 0.25) is 0 Å². The number of hydrogen-bond acceptors (Lipinski definition) is 4. The van der Waals surface area contributed by atoms with Crippen LogP contribution >= 0.6 is 11.3 Å². The Morgan fingerprint density at radius 2 is 2.43 bits per heavy atom. The molecule has 2 rings (SSSR count). The first kappa shape index (κ1) is 9.36. The van der Waals surface area contributed by atoms with E-state index in [-0.39, 0.29) is 5.56 Å². The van der Waals surface area contributed by atoms with E-state index in [4.69, 9.17) is 5.73 Å². The van der Waals surface area contributed by atoms with E-state index < -0.39 is 0 Å². The smallest absolute Gasteiger partial charge is 0.262 e. The van der Waals surface area contributed by atoms with Gasteiger partial charge >= 0.3 is 0 Å². The van der Waals surface area contributed by atoms with Crippen LogP contribution in [0.3, 0.4) is 0 Å². The number of rotatable bonds is 2. The van der Waals surface area contributed by atoms with Gasteiger partial charge in [0.15, 0.2) is 0 Å². The number of nitrogens with two attached hydrogens (primary N) is 1. The summed E-state index contributed by atoms with van der Waals surface area (Å²) in [6.45, 7) is 3.04. The van der Waals surface area contributed by atoms with Crippen LogP contribution in [0.1, 0.15) is 11.8 Å². The molecule has 74 valence electrons. The van der Waals surface area contributed by atoms with Gasteiger partial charge in [0.05, 0.1) is 11.7 Å². The maximum atomic E-state index is 11.8. The largest absolute Gasteiger partial charge is 0.326 e. The van der Waals surface area contributed by atoms with Crippen molar-refractivity contribution in [2.24, 2.45) is 5.73 Å². The quantitative estimate of drug-likeness (QED) is 0.800. The predicted octanol–water partition coefficient (Wildman–Crippen LogP) is 0.937. The van der Waals surface area contributed by atoms with Crippen LogP contribution in [-0.4, -0.2) is 9.55 Å². The van der Waals surface area contributed by atoms with Crippen LogP contribution in [-0.2, 0) is 13.1 Å². The van der Waals surface area contributed by atoms with Crippen molar-refractivity contribution < 1.29 is 0 Å². The van der Waals surface area contributed by atoms with Crippen LogP contribution in [0.4, 0.5) is 0 Å². The molecule has 0 atom stereocenters. The fourth-order valence-electron chi connectivity index (χ4n) is 1.34. The van der Waals surface area contributed by atoms with E-state index in [0.717, 1.165) is 9.71 Å². The second-order valence-corrected chi connectivity index (χ2v) is 4.09. The van der Waals surface area contributed by atoms with Gasteiger partial charge in [-0.3, -0.25) is 9.36 Å². The maximum Gasteiger partial charge on any atom is 0.262 e. The first-order valence-electron chi connectivity index (χ1n) is 4.44. The van der Waals surface area contributed by atoms with E-state index in [1.54, 1.807) is 10.9 Å². The summed E-state index contributed by atoms with van der Waals surface area (Å²) in [5, 5.41) is 0.680. The Labute approximate surface area is 85.0 Å². The van der Waals surface area contributed by atoms with Crippen LogP contribution in [0.5, 0.6) is 0 Å². The fraction of sp³-hybridized carbons (Fsp3) is 0.333. The van der Waals surface area contributed by atoms with Crippen molar-refractivity contribution in [2.75, 3.05) is 0 Å². The van der Waals surface area contributed by atoms with Crippen molar-refractivity contribution in [3.05, 3.63) is 27.6 Å². The van der Waals surface area contributed by atoms with Crippen LogP contribution in [0, 0.1) is 0 Å². The Morgan fingerprint density at radius 1 is 1.64 bits per heavy atom. The summed E-state index contributed by atoms with van der Waals surface area (Å²) in [6, 6.07) is 1.83. The molecule has 2 aromatic rings. The van der Waals surface area contributed by atoms with Crippen molar-refractivity contribution in [1.29, 1.82) is 0 Å². The fourth-order valence-corrected chi connectivity index (χ4v) is 2.20. The highest BCUT2D eigenvalue weighted by molar-refractivity contribution is 7.18. The third kappa shape index (κ3) is 1.34. The van der Waals surface area contributed by atoms with Crippen molar-refractivity contribution in [1.82, 2.24) is 9.55 Å². The average molecular weight is 209 g/mol. The summed E-state index contributed by atoms with van der Waals surface area (Å²) in [7, 11) is 0. The SMILES string of the molecule is CCn1cnc2sc(CN)cc2c1=O. The van der Waals surface area contributed by atoms with Gasteiger partial charge in [-0.15, -0.1) is 11.3 Å². The zero-order chi connectivity index (χ0) is 10.1. The third-order valence-electron chi connectivity index (χ3n) is 2.11. The van der Waals surface area contributed by atoms with E-state index in [1.165, 1.54) is 11.3 Å². The lowest BCUT2D eigenvalue weighted by Crippen LogP contribution is -2.18. The van der Waals surface area contributed by atoms with E-state index in [1.807, 2.05) is 13.0 Å². The molecule has 0 bridgehead atoms. The molecule has 2 N–H and O–H groups in total. The number of hydrogen-bond donors (Lipinski definition) is 1. The second kappa shape index (κ2) is 3.51. The van der Waals surface area contributed by atoms with Gasteiger partial charge in [-0.2, -0.15) is 0 Å². The second-order valence-electron chi connectivity index (χ2n) is 2.97. The van der Waals surface area contributed by atoms with Crippen LogP contribution in [0.15, 0.2) is 17.2 Å². The zero-order valence-electron chi connectivity index (χ0n) is 7.86. The first-order chi connectivity index (χ1) is 6.76. The van der Waals surface area contributed by atoms with Gasteiger partial charge in [-0.1, -0.05) is 0 Å². The standard InChI is InChI=1S/C9H11N3OS/c1-2-12-5-11-8-7(9(12)13)3-6(4-10)14-8/h3,5H,2,4,10H2,1H3. The minimum Gasteiger partial charge on any atom is -0.326 e. The Morgan fingerprint density at radius 3 is 3.07 bits per heavy atom. The maximum absolute atomic E-state index is 11.8. The van der Waals surface area contributed by atoms with E-state index >= 15 is 0 Å². The van der Waals surface area contributed by atoms with Crippen LogP contribution in [0.2, 0.25) is 0 Å². The molecule has 0 aromatic carbocycles. The van der Waals surface area contributed by atoms with Crippen LogP contribution < -0.4 is 11.3 Å². The summed E-state index contributed by atoms with van der Waals surface area (Å²) in [4.78, 5) is 17.8. The molecule has 0 saturated carbocycles. The molecular weight excluding hydrogens is 198 g/mol. The van der Waals surface area contributed by atoms with Crippen molar-refractivity contribution >= 4 is 21.6 Å². The van der Waals surface area contributed by atoms with Gasteiger partial charge < -0.3 is 5.73 Å². The van der Waals surface area contributed by atoms with E-state index in [0.29, 0.717) is 18.5 Å². The molecule has 0 fully saturated rings. The Bertz CT molecular complexity index is 514. The number of fused-ring (bicyclic) bond motifs is 1. The van der Waals surface area contributed by atoms with E-state index in [2.05, 4.69) is 4.98 Å². The molecule has 0 radical (unpaired) electrons. The summed E-state index contributed by atoms with van der Waals surface area (Å²) >= 11 is 1.48. The molecule has 4 nitrogen and oxygen atoms in total. The highest BCUT2D eigenvalue weighted by atomic mass is 32.1. The number of thiophene rings is 1. The van der Waals surface area contributed by atoms with Gasteiger partial charge in [-0.05, 0) is 13.0 Å². The molecule has 2 heterocycles. The molecule has 2 aromatic heterocycles. The molecule has 5 heteroatoms. The highest BCUT2D eigenvalue weighted by Gasteiger charge is 2.06. The van der Waals surface area contributed by atoms with E-state index in [9.17, 15) is 4.79 Å².